The lowest BCUT2D eigenvalue weighted by atomic mass is 9.97. The second-order valence-corrected chi connectivity index (χ2v) is 4.82. The van der Waals surface area contributed by atoms with Gasteiger partial charge in [0.2, 0.25) is 5.78 Å². The fraction of sp³-hybridized carbons (Fsp3) is 0.400. The first-order chi connectivity index (χ1) is 9.29. The number of ketones is 1. The van der Waals surface area contributed by atoms with Crippen LogP contribution in [0.3, 0.4) is 0 Å². The van der Waals surface area contributed by atoms with E-state index in [1.807, 2.05) is 37.3 Å². The van der Waals surface area contributed by atoms with Gasteiger partial charge in [0.1, 0.15) is 5.58 Å². The predicted molar refractivity (Wildman–Crippen MR) is 72.3 cm³/mol. The molecule has 19 heavy (non-hydrogen) atoms. The van der Waals surface area contributed by atoms with Crippen molar-refractivity contribution in [1.82, 2.24) is 5.32 Å². The van der Waals surface area contributed by atoms with Crippen LogP contribution in [0.25, 0.3) is 11.0 Å². The number of fused-ring (bicyclic) bond motifs is 1. The Bertz CT molecular complexity index is 557. The zero-order valence-corrected chi connectivity index (χ0v) is 10.9. The molecule has 2 aromatic rings. The van der Waals surface area contributed by atoms with Crippen LogP contribution in [0.2, 0.25) is 0 Å². The zero-order chi connectivity index (χ0) is 13.2. The number of Topliss-reactive ketones (excluding diaryl/α,β-unsaturated/α-hetero) is 1. The number of hydrogen-bond donors (Lipinski definition) is 1. The number of carbonyl (C=O) groups is 1. The summed E-state index contributed by atoms with van der Waals surface area (Å²) in [4.78, 5) is 12.5. The van der Waals surface area contributed by atoms with Crippen molar-refractivity contribution in [1.29, 1.82) is 0 Å². The molecule has 100 valence electrons. The van der Waals surface area contributed by atoms with E-state index in [9.17, 15) is 4.79 Å². The molecular formula is C15H17NO3. The molecule has 1 aromatic heterocycles. The number of ether oxygens (including phenoxy) is 1. The topological polar surface area (TPSA) is 51.5 Å². The van der Waals surface area contributed by atoms with E-state index < -0.39 is 0 Å². The summed E-state index contributed by atoms with van der Waals surface area (Å²) in [5.41, 5.74) is 0.754. The molecule has 0 radical (unpaired) electrons. The van der Waals surface area contributed by atoms with E-state index in [0.29, 0.717) is 19.0 Å². The molecule has 2 unspecified atom stereocenters. The van der Waals surface area contributed by atoms with Gasteiger partial charge in [-0.05, 0) is 18.7 Å². The Morgan fingerprint density at radius 1 is 1.37 bits per heavy atom. The molecule has 0 saturated carbocycles. The van der Waals surface area contributed by atoms with Crippen LogP contribution >= 0.6 is 0 Å². The highest BCUT2D eigenvalue weighted by Gasteiger charge is 2.35. The van der Waals surface area contributed by atoms with Gasteiger partial charge in [0.25, 0.3) is 0 Å². The van der Waals surface area contributed by atoms with E-state index in [0.717, 1.165) is 17.5 Å². The minimum absolute atomic E-state index is 0.0275. The van der Waals surface area contributed by atoms with Gasteiger partial charge in [-0.1, -0.05) is 25.1 Å². The normalized spacial score (nSPS) is 23.0. The van der Waals surface area contributed by atoms with E-state index in [1.54, 1.807) is 0 Å². The molecule has 2 heterocycles. The molecule has 1 aliphatic rings. The maximum absolute atomic E-state index is 12.5. The lowest BCUT2D eigenvalue weighted by molar-refractivity contribution is 0.0865. The van der Waals surface area contributed by atoms with E-state index in [-0.39, 0.29) is 17.7 Å². The van der Waals surface area contributed by atoms with Gasteiger partial charge >= 0.3 is 0 Å². The zero-order valence-electron chi connectivity index (χ0n) is 10.9. The number of furan rings is 1. The van der Waals surface area contributed by atoms with Gasteiger partial charge in [-0.25, -0.2) is 0 Å². The summed E-state index contributed by atoms with van der Waals surface area (Å²) in [6.45, 7) is 3.91. The first-order valence-corrected chi connectivity index (χ1v) is 6.63. The second-order valence-electron chi connectivity index (χ2n) is 4.82. The van der Waals surface area contributed by atoms with Crippen molar-refractivity contribution >= 4 is 16.8 Å². The standard InChI is InChI=1S/C15H17NO3/c1-2-16-12-9-18-8-11(12)15(17)14-7-10-5-3-4-6-13(10)19-14/h3-7,11-12,16H,2,8-9H2,1H3. The van der Waals surface area contributed by atoms with Crippen LogP contribution < -0.4 is 5.32 Å². The van der Waals surface area contributed by atoms with Crippen LogP contribution in [-0.2, 0) is 4.74 Å². The first-order valence-electron chi connectivity index (χ1n) is 6.63. The number of nitrogens with one attached hydrogen (secondary N) is 1. The molecule has 0 bridgehead atoms. The molecule has 1 aliphatic heterocycles. The molecule has 0 amide bonds. The van der Waals surface area contributed by atoms with E-state index >= 15 is 0 Å². The average Bonchev–Trinajstić information content (AvgIpc) is 3.04. The van der Waals surface area contributed by atoms with Crippen LogP contribution in [0.4, 0.5) is 0 Å². The van der Waals surface area contributed by atoms with E-state index in [1.165, 1.54) is 0 Å². The van der Waals surface area contributed by atoms with Crippen molar-refractivity contribution in [2.24, 2.45) is 5.92 Å². The van der Waals surface area contributed by atoms with Crippen LogP contribution in [-0.4, -0.2) is 31.6 Å². The summed E-state index contributed by atoms with van der Waals surface area (Å²) in [5.74, 6) is 0.305. The average molecular weight is 259 g/mol. The van der Waals surface area contributed by atoms with Crippen molar-refractivity contribution in [2.45, 2.75) is 13.0 Å². The molecule has 2 atom stereocenters. The summed E-state index contributed by atoms with van der Waals surface area (Å²) in [7, 11) is 0. The molecule has 0 aliphatic carbocycles. The monoisotopic (exact) mass is 259 g/mol. The van der Waals surface area contributed by atoms with Crippen molar-refractivity contribution in [3.8, 4) is 0 Å². The van der Waals surface area contributed by atoms with Crippen molar-refractivity contribution in [3.05, 3.63) is 36.1 Å². The summed E-state index contributed by atoms with van der Waals surface area (Å²) in [5, 5.41) is 4.25. The van der Waals surface area contributed by atoms with Gasteiger partial charge in [-0.2, -0.15) is 0 Å². The highest BCUT2D eigenvalue weighted by molar-refractivity contribution is 5.99. The number of benzene rings is 1. The quantitative estimate of drug-likeness (QED) is 0.856. The van der Waals surface area contributed by atoms with E-state index in [4.69, 9.17) is 9.15 Å². The number of likely N-dealkylation sites (N-methyl/N-ethyl adjacent to an activating group) is 1. The Morgan fingerprint density at radius 3 is 3.00 bits per heavy atom. The smallest absolute Gasteiger partial charge is 0.205 e. The van der Waals surface area contributed by atoms with Crippen molar-refractivity contribution in [3.63, 3.8) is 0 Å². The van der Waals surface area contributed by atoms with Gasteiger partial charge in [-0.3, -0.25) is 4.79 Å². The van der Waals surface area contributed by atoms with E-state index in [2.05, 4.69) is 5.32 Å². The van der Waals surface area contributed by atoms with Gasteiger partial charge in [-0.15, -0.1) is 0 Å². The molecule has 0 spiro atoms. The van der Waals surface area contributed by atoms with Gasteiger partial charge in [0.05, 0.1) is 19.1 Å². The molecule has 1 fully saturated rings. The lowest BCUT2D eigenvalue weighted by Gasteiger charge is -2.15. The maximum atomic E-state index is 12.5. The fourth-order valence-corrected chi connectivity index (χ4v) is 2.56. The molecule has 1 saturated heterocycles. The third-order valence-corrected chi connectivity index (χ3v) is 3.55. The van der Waals surface area contributed by atoms with Gasteiger partial charge in [0.15, 0.2) is 5.76 Å². The molecular weight excluding hydrogens is 242 g/mol. The Hall–Kier alpha value is -1.65. The maximum Gasteiger partial charge on any atom is 0.205 e. The van der Waals surface area contributed by atoms with Crippen molar-refractivity contribution in [2.75, 3.05) is 19.8 Å². The van der Waals surface area contributed by atoms with Crippen LogP contribution in [0.1, 0.15) is 17.5 Å². The van der Waals surface area contributed by atoms with Crippen LogP contribution in [0, 0.1) is 5.92 Å². The fourth-order valence-electron chi connectivity index (χ4n) is 2.56. The molecule has 1 aromatic carbocycles. The third kappa shape index (κ3) is 2.29. The Morgan fingerprint density at radius 2 is 2.21 bits per heavy atom. The lowest BCUT2D eigenvalue weighted by Crippen LogP contribution is -2.39. The Kier molecular flexibility index (Phi) is 3.36. The summed E-state index contributed by atoms with van der Waals surface area (Å²) in [6, 6.07) is 9.57. The minimum Gasteiger partial charge on any atom is -0.453 e. The molecule has 1 N–H and O–H groups in total. The van der Waals surface area contributed by atoms with Gasteiger partial charge < -0.3 is 14.5 Å². The first kappa shape index (κ1) is 12.4. The number of rotatable bonds is 4. The molecule has 3 rings (SSSR count). The number of para-hydroxylation sites is 1. The Balaban J connectivity index is 1.86. The third-order valence-electron chi connectivity index (χ3n) is 3.55. The van der Waals surface area contributed by atoms with Crippen molar-refractivity contribution < 1.29 is 13.9 Å². The summed E-state index contributed by atoms with van der Waals surface area (Å²) >= 11 is 0. The summed E-state index contributed by atoms with van der Waals surface area (Å²) in [6.07, 6.45) is 0. The van der Waals surface area contributed by atoms with Crippen LogP contribution in [0.15, 0.2) is 34.7 Å². The molecule has 4 nitrogen and oxygen atoms in total. The van der Waals surface area contributed by atoms with Crippen LogP contribution in [0.5, 0.6) is 0 Å². The number of carbonyl (C=O) groups excluding carboxylic acids is 1. The summed E-state index contributed by atoms with van der Waals surface area (Å²) < 4.78 is 11.0. The number of hydrogen-bond acceptors (Lipinski definition) is 4. The Labute approximate surface area is 111 Å². The highest BCUT2D eigenvalue weighted by Crippen LogP contribution is 2.24. The second kappa shape index (κ2) is 5.15. The molecule has 4 heteroatoms. The largest absolute Gasteiger partial charge is 0.453 e. The SMILES string of the molecule is CCNC1COCC1C(=O)c1cc2ccccc2o1. The van der Waals surface area contributed by atoms with Gasteiger partial charge in [0, 0.05) is 11.4 Å². The predicted octanol–water partition coefficient (Wildman–Crippen LogP) is 2.24. The highest BCUT2D eigenvalue weighted by atomic mass is 16.5. The minimum atomic E-state index is -0.152.